The molecule has 0 aromatic carbocycles. The molecule has 0 radical (unpaired) electrons. The van der Waals surface area contributed by atoms with Gasteiger partial charge in [-0.3, -0.25) is 0 Å². The third-order valence-corrected chi connectivity index (χ3v) is 3.48. The summed E-state index contributed by atoms with van der Waals surface area (Å²) in [7, 11) is 0. The summed E-state index contributed by atoms with van der Waals surface area (Å²) in [5.41, 5.74) is 0. The number of allylic oxidation sites excluding steroid dienone is 4. The van der Waals surface area contributed by atoms with E-state index in [0.717, 1.165) is 0 Å². The van der Waals surface area contributed by atoms with Gasteiger partial charge >= 0.3 is 0 Å². The van der Waals surface area contributed by atoms with Crippen LogP contribution < -0.4 is 0 Å². The number of hydrogen-bond acceptors (Lipinski definition) is 3. The molecule has 0 fully saturated rings. The van der Waals surface area contributed by atoms with E-state index in [-0.39, 0.29) is 11.5 Å². The molecule has 0 aliphatic heterocycles. The Morgan fingerprint density at radius 3 is 1.53 bits per heavy atom. The smallest absolute Gasteiger partial charge is 0.158 e. The van der Waals surface area contributed by atoms with Crippen LogP contribution in [-0.2, 0) is 4.74 Å². The van der Waals surface area contributed by atoms with Crippen molar-refractivity contribution in [2.75, 3.05) is 0 Å². The Labute approximate surface area is 130 Å². The number of alkyl halides is 4. The first-order valence-corrected chi connectivity index (χ1v) is 6.83. The molecule has 0 aromatic heterocycles. The fourth-order valence-corrected chi connectivity index (χ4v) is 2.41. The van der Waals surface area contributed by atoms with Gasteiger partial charge in [0.15, 0.2) is 8.67 Å². The predicted octanol–water partition coefficient (Wildman–Crippen LogP) is 4.11. The van der Waals surface area contributed by atoms with Crippen molar-refractivity contribution >= 4 is 46.4 Å². The molecule has 2 atom stereocenters. The van der Waals surface area contributed by atoms with E-state index in [1.165, 1.54) is 36.5 Å². The molecule has 0 spiro atoms. The van der Waals surface area contributed by atoms with Crippen LogP contribution in [0.1, 0.15) is 0 Å². The lowest BCUT2D eigenvalue weighted by molar-refractivity contribution is 0.0337. The van der Waals surface area contributed by atoms with Gasteiger partial charge in [0.2, 0.25) is 0 Å². The van der Waals surface area contributed by atoms with E-state index in [0.29, 0.717) is 0 Å². The number of aliphatic hydroxyl groups is 2. The summed E-state index contributed by atoms with van der Waals surface area (Å²) >= 11 is 23.3. The zero-order chi connectivity index (χ0) is 14.3. The fourth-order valence-electron chi connectivity index (χ4n) is 1.67. The highest BCUT2D eigenvalue weighted by Gasteiger charge is 2.31. The lowest BCUT2D eigenvalue weighted by Crippen LogP contribution is -2.29. The molecule has 0 bridgehead atoms. The molecule has 0 amide bonds. The van der Waals surface area contributed by atoms with Gasteiger partial charge in [0.05, 0.1) is 0 Å². The molecule has 2 unspecified atom stereocenters. The van der Waals surface area contributed by atoms with Crippen LogP contribution in [0.15, 0.2) is 48.0 Å². The molecule has 2 rings (SSSR count). The molecule has 0 saturated heterocycles. The normalized spacial score (nSPS) is 31.8. The number of rotatable bonds is 2. The van der Waals surface area contributed by atoms with Crippen LogP contribution in [0.25, 0.3) is 0 Å². The molecule has 19 heavy (non-hydrogen) atoms. The average molecular weight is 344 g/mol. The zero-order valence-corrected chi connectivity index (χ0v) is 12.5. The Hall–Kier alpha value is -0.320. The fraction of sp³-hybridized carbons (Fsp3) is 0.333. The van der Waals surface area contributed by atoms with Crippen molar-refractivity contribution in [3.63, 3.8) is 0 Å². The summed E-state index contributed by atoms with van der Waals surface area (Å²) in [6.45, 7) is 0. The van der Waals surface area contributed by atoms with Gasteiger partial charge in [0, 0.05) is 0 Å². The van der Waals surface area contributed by atoms with E-state index >= 15 is 0 Å². The second-order valence-corrected chi connectivity index (χ2v) is 7.07. The Kier molecular flexibility index (Phi) is 4.15. The number of ether oxygens (including phenoxy) is 1. The van der Waals surface area contributed by atoms with Crippen molar-refractivity contribution in [2.45, 2.75) is 20.9 Å². The quantitative estimate of drug-likeness (QED) is 0.586. The molecular weight excluding hydrogens is 334 g/mol. The summed E-state index contributed by atoms with van der Waals surface area (Å²) in [6, 6.07) is 0. The van der Waals surface area contributed by atoms with Gasteiger partial charge in [0.1, 0.15) is 23.7 Å². The minimum atomic E-state index is -1.26. The van der Waals surface area contributed by atoms with Gasteiger partial charge in [-0.25, -0.2) is 0 Å². The van der Waals surface area contributed by atoms with Gasteiger partial charge in [-0.05, 0) is 36.5 Å². The van der Waals surface area contributed by atoms with Gasteiger partial charge in [-0.15, -0.1) is 0 Å². The monoisotopic (exact) mass is 342 g/mol. The Morgan fingerprint density at radius 2 is 1.21 bits per heavy atom. The van der Waals surface area contributed by atoms with Gasteiger partial charge in [0.25, 0.3) is 0 Å². The van der Waals surface area contributed by atoms with Crippen LogP contribution in [0.2, 0.25) is 0 Å². The molecule has 0 heterocycles. The highest BCUT2D eigenvalue weighted by molar-refractivity contribution is 6.51. The highest BCUT2D eigenvalue weighted by atomic mass is 35.5. The molecule has 7 heteroatoms. The first-order valence-electron chi connectivity index (χ1n) is 5.32. The van der Waals surface area contributed by atoms with Crippen LogP contribution in [0.3, 0.4) is 0 Å². The van der Waals surface area contributed by atoms with Crippen molar-refractivity contribution in [1.82, 2.24) is 0 Å². The molecule has 2 N–H and O–H groups in total. The topological polar surface area (TPSA) is 49.7 Å². The largest absolute Gasteiger partial charge is 0.509 e. The van der Waals surface area contributed by atoms with Crippen molar-refractivity contribution in [1.29, 1.82) is 0 Å². The second-order valence-electron chi connectivity index (χ2n) is 4.18. The maximum atomic E-state index is 9.76. The molecule has 3 nitrogen and oxygen atoms in total. The molecular formula is C12H10Cl4O3. The highest BCUT2D eigenvalue weighted by Crippen LogP contribution is 2.34. The number of halogens is 4. The Morgan fingerprint density at radius 1 is 0.842 bits per heavy atom. The molecule has 2 aliphatic carbocycles. The zero-order valence-electron chi connectivity index (χ0n) is 9.43. The summed E-state index contributed by atoms with van der Waals surface area (Å²) in [6.07, 6.45) is 6.94. The average Bonchev–Trinajstić information content (AvgIpc) is 2.23. The first kappa shape index (κ1) is 15.1. The Bertz CT molecular complexity index is 447. The summed E-state index contributed by atoms with van der Waals surface area (Å²) < 4.78 is 2.98. The van der Waals surface area contributed by atoms with Gasteiger partial charge < -0.3 is 14.9 Å². The summed E-state index contributed by atoms with van der Waals surface area (Å²) in [5, 5.41) is 19.5. The molecule has 104 valence electrons. The van der Waals surface area contributed by atoms with Crippen molar-refractivity contribution in [3.05, 3.63) is 48.0 Å². The first-order chi connectivity index (χ1) is 8.69. The van der Waals surface area contributed by atoms with E-state index in [9.17, 15) is 10.2 Å². The second kappa shape index (κ2) is 5.23. The predicted molar refractivity (Wildman–Crippen MR) is 77.2 cm³/mol. The van der Waals surface area contributed by atoms with Crippen LogP contribution in [-0.4, -0.2) is 31.1 Å². The maximum absolute atomic E-state index is 9.76. The maximum Gasteiger partial charge on any atom is 0.158 e. The van der Waals surface area contributed by atoms with Crippen molar-refractivity contribution < 1.29 is 14.9 Å². The molecule has 2 aliphatic rings. The van der Waals surface area contributed by atoms with E-state index in [1.807, 2.05) is 0 Å². The van der Waals surface area contributed by atoms with Crippen LogP contribution >= 0.6 is 46.4 Å². The third kappa shape index (κ3) is 3.83. The lowest BCUT2D eigenvalue weighted by Gasteiger charge is -2.27. The minimum absolute atomic E-state index is 0.137. The number of hydrogen-bond donors (Lipinski definition) is 2. The third-order valence-electron chi connectivity index (χ3n) is 2.54. The SMILES string of the molecule is OC1=CC(Cl)(Cl)C=CC1OC1C=CC(Cl)(Cl)C=C1O. The van der Waals surface area contributed by atoms with E-state index in [4.69, 9.17) is 51.1 Å². The van der Waals surface area contributed by atoms with Crippen LogP contribution in [0, 0.1) is 0 Å². The van der Waals surface area contributed by atoms with E-state index < -0.39 is 20.9 Å². The van der Waals surface area contributed by atoms with Crippen LogP contribution in [0.4, 0.5) is 0 Å². The van der Waals surface area contributed by atoms with Crippen LogP contribution in [0.5, 0.6) is 0 Å². The minimum Gasteiger partial charge on any atom is -0.509 e. The Balaban J connectivity index is 2.09. The standard InChI is InChI=1S/C12H10Cl4O3/c13-11(14)3-1-9(7(17)5-11)19-10-2-4-12(15,16)6-8(10)18/h1-6,9-10,17-18H. The van der Waals surface area contributed by atoms with Crippen molar-refractivity contribution in [2.24, 2.45) is 0 Å². The van der Waals surface area contributed by atoms with Crippen molar-refractivity contribution in [3.8, 4) is 0 Å². The van der Waals surface area contributed by atoms with E-state index in [2.05, 4.69) is 0 Å². The molecule has 0 saturated carbocycles. The van der Waals surface area contributed by atoms with Gasteiger partial charge in [-0.1, -0.05) is 46.4 Å². The van der Waals surface area contributed by atoms with E-state index in [1.54, 1.807) is 0 Å². The van der Waals surface area contributed by atoms with Gasteiger partial charge in [-0.2, -0.15) is 0 Å². The lowest BCUT2D eigenvalue weighted by atomic mass is 10.1. The summed E-state index contributed by atoms with van der Waals surface area (Å²) in [5.74, 6) is -0.274. The molecule has 0 aromatic rings. The summed E-state index contributed by atoms with van der Waals surface area (Å²) in [4.78, 5) is 0. The number of aliphatic hydroxyl groups excluding tert-OH is 2.